The molecule has 1 saturated heterocycles. The number of halogens is 3. The van der Waals surface area contributed by atoms with Crippen LogP contribution in [0.3, 0.4) is 0 Å². The fraction of sp³-hybridized carbons (Fsp3) is 0.409. The van der Waals surface area contributed by atoms with Gasteiger partial charge in [0, 0.05) is 37.2 Å². The topological polar surface area (TPSA) is 83.9 Å². The largest absolute Gasteiger partial charge is 0.427 e. The van der Waals surface area contributed by atoms with Crippen LogP contribution < -0.4 is 5.32 Å². The Balaban J connectivity index is 1.39. The van der Waals surface area contributed by atoms with Crippen molar-refractivity contribution in [3.63, 3.8) is 0 Å². The number of alkyl halides is 3. The van der Waals surface area contributed by atoms with Crippen LogP contribution in [0.25, 0.3) is 11.4 Å². The van der Waals surface area contributed by atoms with Crippen LogP contribution in [0.4, 0.5) is 18.3 Å². The lowest BCUT2D eigenvalue weighted by atomic mass is 10.0. The van der Waals surface area contributed by atoms with Gasteiger partial charge in [-0.1, -0.05) is 11.3 Å². The van der Waals surface area contributed by atoms with E-state index in [-0.39, 0.29) is 17.1 Å². The van der Waals surface area contributed by atoms with Crippen molar-refractivity contribution in [1.82, 2.24) is 24.8 Å². The van der Waals surface area contributed by atoms with Crippen LogP contribution in [-0.4, -0.2) is 49.9 Å². The molecule has 7 nitrogen and oxygen atoms in total. The normalized spacial score (nSPS) is 22.1. The first-order valence-electron chi connectivity index (χ1n) is 10.6. The van der Waals surface area contributed by atoms with Crippen LogP contribution in [0.1, 0.15) is 33.9 Å². The minimum atomic E-state index is -4.42. The first-order valence-corrected chi connectivity index (χ1v) is 11.4. The van der Waals surface area contributed by atoms with Gasteiger partial charge in [0.05, 0.1) is 11.8 Å². The molecule has 0 aromatic carbocycles. The van der Waals surface area contributed by atoms with Gasteiger partial charge in [0.2, 0.25) is 0 Å². The van der Waals surface area contributed by atoms with Crippen molar-refractivity contribution in [1.29, 1.82) is 0 Å². The van der Waals surface area contributed by atoms with Crippen molar-refractivity contribution in [2.45, 2.75) is 32.0 Å². The Bertz CT molecular complexity index is 1170. The molecule has 0 radical (unpaired) electrons. The molecule has 172 valence electrons. The van der Waals surface area contributed by atoms with E-state index < -0.39 is 11.1 Å². The number of carbonyl (C=O) groups excluding carboxylic acids is 1. The number of aromatic nitrogens is 4. The Hall–Kier alpha value is -3.08. The van der Waals surface area contributed by atoms with E-state index in [0.29, 0.717) is 59.0 Å². The Morgan fingerprint density at radius 1 is 1.18 bits per heavy atom. The zero-order chi connectivity index (χ0) is 23.2. The van der Waals surface area contributed by atoms with Crippen LogP contribution in [0.2, 0.25) is 0 Å². The van der Waals surface area contributed by atoms with Gasteiger partial charge in [0.25, 0.3) is 5.91 Å². The van der Waals surface area contributed by atoms with Gasteiger partial charge in [0.1, 0.15) is 10.6 Å². The molecule has 33 heavy (non-hydrogen) atoms. The fourth-order valence-electron chi connectivity index (χ4n) is 4.31. The molecule has 1 aliphatic carbocycles. The SMILES string of the molecule is Cc1ccc(-c2ncccn2)c(C(=O)N2CC3CC3CC2CNc2ncc(C(F)(F)F)s2)n1. The maximum absolute atomic E-state index is 13.7. The van der Waals surface area contributed by atoms with E-state index in [2.05, 4.69) is 25.3 Å². The number of aryl methyl sites for hydroxylation is 1. The summed E-state index contributed by atoms with van der Waals surface area (Å²) in [7, 11) is 0. The predicted octanol–water partition coefficient (Wildman–Crippen LogP) is 4.29. The molecule has 0 spiro atoms. The number of amides is 1. The first-order chi connectivity index (χ1) is 15.8. The van der Waals surface area contributed by atoms with Gasteiger partial charge in [-0.25, -0.2) is 19.9 Å². The van der Waals surface area contributed by atoms with Crippen molar-refractivity contribution in [2.24, 2.45) is 11.8 Å². The summed E-state index contributed by atoms with van der Waals surface area (Å²) in [5.41, 5.74) is 1.56. The summed E-state index contributed by atoms with van der Waals surface area (Å²) in [6, 6.07) is 5.15. The minimum absolute atomic E-state index is 0.175. The number of anilines is 1. The van der Waals surface area contributed by atoms with Crippen LogP contribution in [0.5, 0.6) is 0 Å². The predicted molar refractivity (Wildman–Crippen MR) is 117 cm³/mol. The number of likely N-dealkylation sites (tertiary alicyclic amines) is 1. The third-order valence-corrected chi connectivity index (χ3v) is 7.09. The van der Waals surface area contributed by atoms with Crippen LogP contribution in [0.15, 0.2) is 36.8 Å². The molecule has 1 N–H and O–H groups in total. The van der Waals surface area contributed by atoms with Crippen molar-refractivity contribution in [2.75, 3.05) is 18.4 Å². The first kappa shape index (κ1) is 21.7. The highest BCUT2D eigenvalue weighted by molar-refractivity contribution is 7.15. The summed E-state index contributed by atoms with van der Waals surface area (Å²) >= 11 is 0.568. The van der Waals surface area contributed by atoms with Gasteiger partial charge in [-0.3, -0.25) is 4.79 Å². The maximum Gasteiger partial charge on any atom is 0.427 e. The second-order valence-electron chi connectivity index (χ2n) is 8.43. The fourth-order valence-corrected chi connectivity index (χ4v) is 5.00. The molecule has 0 bridgehead atoms. The molecule has 1 saturated carbocycles. The summed E-state index contributed by atoms with van der Waals surface area (Å²) in [4.78, 5) is 31.6. The van der Waals surface area contributed by atoms with Gasteiger partial charge in [-0.2, -0.15) is 13.2 Å². The second kappa shape index (κ2) is 8.36. The van der Waals surface area contributed by atoms with E-state index in [1.54, 1.807) is 29.4 Å². The molecule has 3 unspecified atom stereocenters. The minimum Gasteiger partial charge on any atom is -0.359 e. The molecule has 3 aromatic rings. The van der Waals surface area contributed by atoms with Crippen molar-refractivity contribution >= 4 is 22.4 Å². The van der Waals surface area contributed by atoms with Gasteiger partial charge in [-0.15, -0.1) is 0 Å². The summed E-state index contributed by atoms with van der Waals surface area (Å²) in [6.45, 7) is 2.74. The molecule has 5 rings (SSSR count). The van der Waals surface area contributed by atoms with E-state index in [9.17, 15) is 18.0 Å². The summed E-state index contributed by atoms with van der Waals surface area (Å²) in [5, 5.41) is 3.20. The Kier molecular flexibility index (Phi) is 5.51. The number of nitrogens with zero attached hydrogens (tertiary/aromatic N) is 5. The lowest BCUT2D eigenvalue weighted by Crippen LogP contribution is -2.48. The second-order valence-corrected chi connectivity index (χ2v) is 9.46. The lowest BCUT2D eigenvalue weighted by Gasteiger charge is -2.35. The number of carbonyl (C=O) groups is 1. The smallest absolute Gasteiger partial charge is 0.359 e. The van der Waals surface area contributed by atoms with E-state index >= 15 is 0 Å². The highest BCUT2D eigenvalue weighted by Gasteiger charge is 2.47. The monoisotopic (exact) mass is 474 g/mol. The number of piperidine rings is 1. The van der Waals surface area contributed by atoms with Crippen LogP contribution in [-0.2, 0) is 6.18 Å². The third-order valence-electron chi connectivity index (χ3n) is 6.09. The Morgan fingerprint density at radius 3 is 2.70 bits per heavy atom. The number of rotatable bonds is 5. The molecule has 1 aliphatic heterocycles. The van der Waals surface area contributed by atoms with Crippen molar-refractivity contribution in [3.8, 4) is 11.4 Å². The zero-order valence-corrected chi connectivity index (χ0v) is 18.5. The van der Waals surface area contributed by atoms with Crippen molar-refractivity contribution < 1.29 is 18.0 Å². The number of hydrogen-bond donors (Lipinski definition) is 1. The quantitative estimate of drug-likeness (QED) is 0.594. The maximum atomic E-state index is 13.7. The van der Waals surface area contributed by atoms with Crippen LogP contribution in [0, 0.1) is 18.8 Å². The molecular weight excluding hydrogens is 453 g/mol. The van der Waals surface area contributed by atoms with Gasteiger partial charge in [0.15, 0.2) is 11.0 Å². The number of fused-ring (bicyclic) bond motifs is 1. The molecule has 3 aromatic heterocycles. The molecule has 3 atom stereocenters. The average molecular weight is 475 g/mol. The molecule has 2 aliphatic rings. The van der Waals surface area contributed by atoms with E-state index in [4.69, 9.17) is 0 Å². The van der Waals surface area contributed by atoms with Gasteiger partial charge in [-0.05, 0) is 49.8 Å². The molecule has 1 amide bonds. The van der Waals surface area contributed by atoms with Gasteiger partial charge < -0.3 is 10.2 Å². The highest BCUT2D eigenvalue weighted by atomic mass is 32.1. The average Bonchev–Trinajstić information content (AvgIpc) is 3.38. The zero-order valence-electron chi connectivity index (χ0n) is 17.7. The number of nitrogens with one attached hydrogen (secondary N) is 1. The number of pyridine rings is 1. The van der Waals surface area contributed by atoms with Crippen LogP contribution >= 0.6 is 11.3 Å². The Morgan fingerprint density at radius 2 is 1.97 bits per heavy atom. The molecular formula is C22H21F3N6OS. The molecule has 11 heteroatoms. The Labute approximate surface area is 192 Å². The van der Waals surface area contributed by atoms with E-state index in [1.807, 2.05) is 13.0 Å². The third kappa shape index (κ3) is 4.54. The lowest BCUT2D eigenvalue weighted by molar-refractivity contribution is -0.134. The molecule has 4 heterocycles. The molecule has 2 fully saturated rings. The van der Waals surface area contributed by atoms with Crippen molar-refractivity contribution in [3.05, 3.63) is 53.1 Å². The highest BCUT2D eigenvalue weighted by Crippen LogP contribution is 2.47. The van der Waals surface area contributed by atoms with E-state index in [1.165, 1.54) is 0 Å². The number of hydrogen-bond acceptors (Lipinski definition) is 7. The van der Waals surface area contributed by atoms with E-state index in [0.717, 1.165) is 19.0 Å². The summed E-state index contributed by atoms with van der Waals surface area (Å²) in [5.74, 6) is 1.22. The summed E-state index contributed by atoms with van der Waals surface area (Å²) in [6.07, 6.45) is 1.49. The van der Waals surface area contributed by atoms with Gasteiger partial charge >= 0.3 is 6.18 Å². The standard InChI is InChI=1S/C22H21F3N6OS/c1-12-3-4-16(19-26-5-2-6-27-19)18(30-12)20(32)31-11-14-7-13(14)8-15(31)9-28-21-29-10-17(33-21)22(23,24)25/h2-6,10,13-15H,7-9,11H2,1H3,(H,28,29). The number of thiazole rings is 1. The summed E-state index contributed by atoms with van der Waals surface area (Å²) < 4.78 is 38.7.